The van der Waals surface area contributed by atoms with Gasteiger partial charge in [-0.2, -0.15) is 0 Å². The minimum atomic E-state index is 0.354. The van der Waals surface area contributed by atoms with E-state index in [2.05, 4.69) is 62.6 Å². The normalized spacial score (nSPS) is 17.2. The average Bonchev–Trinajstić information content (AvgIpc) is 3.10. The maximum atomic E-state index is 4.87. The van der Waals surface area contributed by atoms with Gasteiger partial charge in [-0.1, -0.05) is 36.4 Å². The van der Waals surface area contributed by atoms with Gasteiger partial charge in [-0.05, 0) is 57.0 Å². The van der Waals surface area contributed by atoms with Crippen LogP contribution in [0.15, 0.2) is 54.6 Å². The molecule has 3 heterocycles. The van der Waals surface area contributed by atoms with Crippen molar-refractivity contribution < 1.29 is 0 Å². The molecule has 1 saturated heterocycles. The second-order valence-electron chi connectivity index (χ2n) is 7.16. The standard InChI is InChI=1S/C22H25N5/c1-16-14-17(2)24-22(23-16)26-21-12-6-10-19(25-21)20-11-7-13-27(20)15-18-8-4-3-5-9-18/h3-6,8-10,12,14,20H,7,11,13,15H2,1-2H3,(H,23,24,25,26)/t20-/m1/s1. The molecule has 2 aromatic heterocycles. The Balaban J connectivity index is 1.52. The van der Waals surface area contributed by atoms with Gasteiger partial charge in [0.25, 0.3) is 0 Å². The smallest absolute Gasteiger partial charge is 0.228 e. The van der Waals surface area contributed by atoms with Crippen LogP contribution >= 0.6 is 0 Å². The van der Waals surface area contributed by atoms with Crippen LogP contribution in [0.5, 0.6) is 0 Å². The lowest BCUT2D eigenvalue weighted by Gasteiger charge is -2.24. The number of benzene rings is 1. The van der Waals surface area contributed by atoms with E-state index in [1.165, 1.54) is 12.0 Å². The van der Waals surface area contributed by atoms with Gasteiger partial charge in [0, 0.05) is 17.9 Å². The minimum Gasteiger partial charge on any atom is -0.309 e. The highest BCUT2D eigenvalue weighted by Crippen LogP contribution is 2.32. The zero-order valence-electron chi connectivity index (χ0n) is 15.9. The van der Waals surface area contributed by atoms with Crippen LogP contribution in [0.3, 0.4) is 0 Å². The van der Waals surface area contributed by atoms with Crippen molar-refractivity contribution in [3.05, 3.63) is 77.2 Å². The van der Waals surface area contributed by atoms with Crippen LogP contribution in [0.2, 0.25) is 0 Å². The SMILES string of the molecule is Cc1cc(C)nc(Nc2cccc([C@H]3CCCN3Cc3ccccc3)n2)n1. The lowest BCUT2D eigenvalue weighted by atomic mass is 10.1. The van der Waals surface area contributed by atoms with Gasteiger partial charge in [0.2, 0.25) is 5.95 Å². The monoisotopic (exact) mass is 359 g/mol. The fourth-order valence-electron chi connectivity index (χ4n) is 3.77. The molecule has 5 nitrogen and oxygen atoms in total. The molecule has 1 aliphatic heterocycles. The second-order valence-corrected chi connectivity index (χ2v) is 7.16. The van der Waals surface area contributed by atoms with Crippen LogP contribution in [0.4, 0.5) is 11.8 Å². The summed E-state index contributed by atoms with van der Waals surface area (Å²) in [6, 6.07) is 19.1. The van der Waals surface area contributed by atoms with E-state index in [0.717, 1.165) is 42.4 Å². The maximum absolute atomic E-state index is 4.87. The van der Waals surface area contributed by atoms with E-state index < -0.39 is 0 Å². The van der Waals surface area contributed by atoms with Gasteiger partial charge >= 0.3 is 0 Å². The van der Waals surface area contributed by atoms with Gasteiger partial charge in [0.1, 0.15) is 5.82 Å². The summed E-state index contributed by atoms with van der Waals surface area (Å²) < 4.78 is 0. The molecule has 0 saturated carbocycles. The molecule has 1 aromatic carbocycles. The Morgan fingerprint density at radius 1 is 0.963 bits per heavy atom. The van der Waals surface area contributed by atoms with Gasteiger partial charge in [-0.25, -0.2) is 15.0 Å². The molecular formula is C22H25N5. The molecule has 1 aliphatic rings. The largest absolute Gasteiger partial charge is 0.309 e. The second kappa shape index (κ2) is 7.84. The quantitative estimate of drug-likeness (QED) is 0.723. The maximum Gasteiger partial charge on any atom is 0.228 e. The summed E-state index contributed by atoms with van der Waals surface area (Å²) in [4.78, 5) is 16.3. The molecule has 5 heteroatoms. The summed E-state index contributed by atoms with van der Waals surface area (Å²) in [6.07, 6.45) is 2.35. The fraction of sp³-hybridized carbons (Fsp3) is 0.318. The van der Waals surface area contributed by atoms with Crippen LogP contribution in [0.25, 0.3) is 0 Å². The fourth-order valence-corrected chi connectivity index (χ4v) is 3.77. The number of hydrogen-bond donors (Lipinski definition) is 1. The molecule has 0 spiro atoms. The van der Waals surface area contributed by atoms with Crippen molar-refractivity contribution in [3.8, 4) is 0 Å². The number of nitrogens with zero attached hydrogens (tertiary/aromatic N) is 4. The minimum absolute atomic E-state index is 0.354. The molecule has 1 N–H and O–H groups in total. The van der Waals surface area contributed by atoms with Crippen LogP contribution in [0.1, 0.15) is 41.5 Å². The van der Waals surface area contributed by atoms with Gasteiger partial charge in [0.05, 0.1) is 11.7 Å². The summed E-state index contributed by atoms with van der Waals surface area (Å²) in [6.45, 7) is 6.03. The Kier molecular flexibility index (Phi) is 5.12. The first kappa shape index (κ1) is 17.6. The van der Waals surface area contributed by atoms with E-state index in [0.29, 0.717) is 12.0 Å². The Labute approximate surface area is 160 Å². The molecule has 0 amide bonds. The van der Waals surface area contributed by atoms with Crippen molar-refractivity contribution >= 4 is 11.8 Å². The summed E-state index contributed by atoms with van der Waals surface area (Å²) in [7, 11) is 0. The first-order valence-corrected chi connectivity index (χ1v) is 9.51. The summed E-state index contributed by atoms with van der Waals surface area (Å²) >= 11 is 0. The Bertz CT molecular complexity index is 889. The van der Waals surface area contributed by atoms with Crippen molar-refractivity contribution in [2.24, 2.45) is 0 Å². The molecule has 1 atom stereocenters. The molecule has 0 aliphatic carbocycles. The molecule has 1 fully saturated rings. The third kappa shape index (κ3) is 4.31. The zero-order chi connectivity index (χ0) is 18.6. The van der Waals surface area contributed by atoms with Gasteiger partial charge < -0.3 is 5.32 Å². The van der Waals surface area contributed by atoms with E-state index in [-0.39, 0.29) is 0 Å². The van der Waals surface area contributed by atoms with Crippen molar-refractivity contribution in [2.45, 2.75) is 39.3 Å². The Morgan fingerprint density at radius 3 is 2.52 bits per heavy atom. The molecule has 4 rings (SSSR count). The van der Waals surface area contributed by atoms with Gasteiger partial charge in [-0.15, -0.1) is 0 Å². The summed E-state index contributed by atoms with van der Waals surface area (Å²) in [5.74, 6) is 1.40. The first-order chi connectivity index (χ1) is 13.2. The van der Waals surface area contributed by atoms with E-state index in [1.807, 2.05) is 26.0 Å². The van der Waals surface area contributed by atoms with Crippen molar-refractivity contribution in [1.82, 2.24) is 19.9 Å². The number of pyridine rings is 1. The van der Waals surface area contributed by atoms with Crippen LogP contribution in [-0.4, -0.2) is 26.4 Å². The highest BCUT2D eigenvalue weighted by Gasteiger charge is 2.27. The lowest BCUT2D eigenvalue weighted by molar-refractivity contribution is 0.244. The number of hydrogen-bond acceptors (Lipinski definition) is 5. The first-order valence-electron chi connectivity index (χ1n) is 9.51. The summed E-state index contributed by atoms with van der Waals surface area (Å²) in [5.41, 5.74) is 4.36. The predicted molar refractivity (Wildman–Crippen MR) is 108 cm³/mol. The number of aryl methyl sites for hydroxylation is 2. The molecular weight excluding hydrogens is 334 g/mol. The van der Waals surface area contributed by atoms with Crippen LogP contribution in [0, 0.1) is 13.8 Å². The number of anilines is 2. The number of nitrogens with one attached hydrogen (secondary N) is 1. The van der Waals surface area contributed by atoms with Gasteiger partial charge in [-0.3, -0.25) is 4.90 Å². The number of rotatable bonds is 5. The van der Waals surface area contributed by atoms with E-state index >= 15 is 0 Å². The van der Waals surface area contributed by atoms with Crippen LogP contribution in [-0.2, 0) is 6.54 Å². The molecule has 0 unspecified atom stereocenters. The van der Waals surface area contributed by atoms with Crippen LogP contribution < -0.4 is 5.32 Å². The highest BCUT2D eigenvalue weighted by atomic mass is 15.2. The highest BCUT2D eigenvalue weighted by molar-refractivity contribution is 5.48. The lowest BCUT2D eigenvalue weighted by Crippen LogP contribution is -2.23. The molecule has 27 heavy (non-hydrogen) atoms. The topological polar surface area (TPSA) is 53.9 Å². The number of likely N-dealkylation sites (tertiary alicyclic amines) is 1. The van der Waals surface area contributed by atoms with Gasteiger partial charge in [0.15, 0.2) is 0 Å². The van der Waals surface area contributed by atoms with Crippen molar-refractivity contribution in [3.63, 3.8) is 0 Å². The zero-order valence-corrected chi connectivity index (χ0v) is 15.9. The third-order valence-corrected chi connectivity index (χ3v) is 4.93. The molecule has 0 radical (unpaired) electrons. The van der Waals surface area contributed by atoms with Crippen molar-refractivity contribution in [2.75, 3.05) is 11.9 Å². The Morgan fingerprint density at radius 2 is 1.74 bits per heavy atom. The Hall–Kier alpha value is -2.79. The average molecular weight is 359 g/mol. The molecule has 138 valence electrons. The van der Waals surface area contributed by atoms with Crippen molar-refractivity contribution in [1.29, 1.82) is 0 Å². The molecule has 0 bridgehead atoms. The number of aromatic nitrogens is 3. The van der Waals surface area contributed by atoms with E-state index in [9.17, 15) is 0 Å². The predicted octanol–water partition coefficient (Wildman–Crippen LogP) is 4.57. The van der Waals surface area contributed by atoms with E-state index in [1.54, 1.807) is 0 Å². The third-order valence-electron chi connectivity index (χ3n) is 4.93. The van der Waals surface area contributed by atoms with E-state index in [4.69, 9.17) is 4.98 Å². The summed E-state index contributed by atoms with van der Waals surface area (Å²) in [5, 5.41) is 3.26. The molecule has 3 aromatic rings.